The fourth-order valence-electron chi connectivity index (χ4n) is 4.29. The third-order valence-corrected chi connectivity index (χ3v) is 6.28. The molecule has 1 amide bonds. The minimum Gasteiger partial charge on any atom is -0.497 e. The monoisotopic (exact) mass is 473 g/mol. The quantitative estimate of drug-likeness (QED) is 0.451. The zero-order chi connectivity index (χ0) is 24.8. The molecule has 0 radical (unpaired) electrons. The van der Waals surface area contributed by atoms with E-state index in [2.05, 4.69) is 46.2 Å². The molecule has 1 atom stereocenters. The van der Waals surface area contributed by atoms with Gasteiger partial charge in [-0.15, -0.1) is 0 Å². The molecule has 1 aliphatic rings. The Morgan fingerprint density at radius 1 is 0.914 bits per heavy atom. The number of amides is 1. The number of benzene rings is 3. The van der Waals surface area contributed by atoms with Crippen LogP contribution in [0.3, 0.4) is 0 Å². The van der Waals surface area contributed by atoms with E-state index in [1.54, 1.807) is 19.2 Å². The van der Waals surface area contributed by atoms with Gasteiger partial charge in [0.15, 0.2) is 0 Å². The molecule has 6 heteroatoms. The van der Waals surface area contributed by atoms with Crippen molar-refractivity contribution in [2.75, 3.05) is 39.2 Å². The van der Waals surface area contributed by atoms with Gasteiger partial charge in [0.1, 0.15) is 11.6 Å². The predicted octanol–water partition coefficient (Wildman–Crippen LogP) is 5.04. The number of nitrogens with zero attached hydrogens (tertiary/aromatic N) is 3. The summed E-state index contributed by atoms with van der Waals surface area (Å²) in [6, 6.07) is 22.3. The molecule has 0 aliphatic carbocycles. The van der Waals surface area contributed by atoms with Crippen LogP contribution in [0, 0.1) is 5.82 Å². The van der Waals surface area contributed by atoms with Crippen LogP contribution in [-0.2, 0) is 17.9 Å². The molecule has 35 heavy (non-hydrogen) atoms. The van der Waals surface area contributed by atoms with Crippen molar-refractivity contribution in [1.82, 2.24) is 9.80 Å². The molecule has 5 nitrogen and oxygen atoms in total. The van der Waals surface area contributed by atoms with E-state index in [4.69, 9.17) is 4.74 Å². The summed E-state index contributed by atoms with van der Waals surface area (Å²) in [4.78, 5) is 19.7. The van der Waals surface area contributed by atoms with Gasteiger partial charge in [0.05, 0.1) is 19.7 Å². The Morgan fingerprint density at radius 2 is 1.54 bits per heavy atom. The Morgan fingerprint density at radius 3 is 2.17 bits per heavy atom. The lowest BCUT2D eigenvalue weighted by atomic mass is 10.0. The molecule has 1 heterocycles. The zero-order valence-electron chi connectivity index (χ0n) is 20.5. The minimum atomic E-state index is -0.286. The van der Waals surface area contributed by atoms with Crippen molar-refractivity contribution in [2.24, 2.45) is 0 Å². The van der Waals surface area contributed by atoms with Gasteiger partial charge in [0.2, 0.25) is 5.91 Å². The SMILES string of the molecule is COc1ccc(C2/C=C\CN(Cc3ccc(N(C)C)cc3)CC(=O)N2Cc2ccc(F)cc2)cc1. The van der Waals surface area contributed by atoms with E-state index in [9.17, 15) is 9.18 Å². The second kappa shape index (κ2) is 11.2. The van der Waals surface area contributed by atoms with Crippen LogP contribution in [0.1, 0.15) is 22.7 Å². The summed E-state index contributed by atoms with van der Waals surface area (Å²) in [6.07, 6.45) is 4.22. The lowest BCUT2D eigenvalue weighted by Crippen LogP contribution is -2.43. The van der Waals surface area contributed by atoms with Crippen LogP contribution in [0.15, 0.2) is 84.9 Å². The molecule has 3 aromatic rings. The number of ether oxygens (including phenoxy) is 1. The molecule has 0 fully saturated rings. The Labute approximate surface area is 207 Å². The number of carbonyl (C=O) groups is 1. The molecule has 3 aromatic carbocycles. The van der Waals surface area contributed by atoms with Crippen LogP contribution < -0.4 is 9.64 Å². The smallest absolute Gasteiger partial charge is 0.237 e. The standard InChI is InChI=1S/C29H32FN3O2/c1-31(2)26-14-8-22(9-15-26)19-32-18-4-5-28(24-10-16-27(35-3)17-11-24)33(29(34)21-32)20-23-6-12-25(30)13-7-23/h4-17,28H,18-21H2,1-3H3/b5-4-. The van der Waals surface area contributed by atoms with Gasteiger partial charge >= 0.3 is 0 Å². The van der Waals surface area contributed by atoms with E-state index in [0.717, 1.165) is 28.1 Å². The molecule has 182 valence electrons. The Bertz CT molecular complexity index is 1140. The fourth-order valence-corrected chi connectivity index (χ4v) is 4.29. The van der Waals surface area contributed by atoms with Crippen LogP contribution in [0.25, 0.3) is 0 Å². The van der Waals surface area contributed by atoms with Crippen LogP contribution >= 0.6 is 0 Å². The van der Waals surface area contributed by atoms with Crippen molar-refractivity contribution in [2.45, 2.75) is 19.1 Å². The summed E-state index contributed by atoms with van der Waals surface area (Å²) >= 11 is 0. The third-order valence-electron chi connectivity index (χ3n) is 6.28. The first-order chi connectivity index (χ1) is 16.9. The Kier molecular flexibility index (Phi) is 7.83. The van der Waals surface area contributed by atoms with E-state index in [0.29, 0.717) is 26.2 Å². The maximum atomic E-state index is 13.6. The number of hydrogen-bond donors (Lipinski definition) is 0. The normalized spacial score (nSPS) is 17.5. The Balaban J connectivity index is 1.59. The third kappa shape index (κ3) is 6.28. The highest BCUT2D eigenvalue weighted by molar-refractivity contribution is 5.79. The van der Waals surface area contributed by atoms with E-state index in [-0.39, 0.29) is 17.8 Å². The average molecular weight is 474 g/mol. The van der Waals surface area contributed by atoms with Gasteiger partial charge in [-0.05, 0) is 53.1 Å². The van der Waals surface area contributed by atoms with E-state index in [1.807, 2.05) is 43.3 Å². The van der Waals surface area contributed by atoms with Gasteiger partial charge < -0.3 is 14.5 Å². The van der Waals surface area contributed by atoms with Crippen molar-refractivity contribution in [3.63, 3.8) is 0 Å². The molecular weight excluding hydrogens is 441 g/mol. The number of methoxy groups -OCH3 is 1. The largest absolute Gasteiger partial charge is 0.497 e. The molecular formula is C29H32FN3O2. The summed E-state index contributed by atoms with van der Waals surface area (Å²) in [6.45, 7) is 2.05. The average Bonchev–Trinajstić information content (AvgIpc) is 2.86. The summed E-state index contributed by atoms with van der Waals surface area (Å²) in [7, 11) is 5.68. The predicted molar refractivity (Wildman–Crippen MR) is 138 cm³/mol. The number of anilines is 1. The summed E-state index contributed by atoms with van der Waals surface area (Å²) < 4.78 is 18.8. The highest BCUT2D eigenvalue weighted by Crippen LogP contribution is 2.28. The lowest BCUT2D eigenvalue weighted by molar-refractivity contribution is -0.135. The summed E-state index contributed by atoms with van der Waals surface area (Å²) in [5.74, 6) is 0.515. The first kappa shape index (κ1) is 24.5. The second-order valence-corrected chi connectivity index (χ2v) is 9.02. The van der Waals surface area contributed by atoms with Crippen LogP contribution in [0.5, 0.6) is 5.75 Å². The van der Waals surface area contributed by atoms with Gasteiger partial charge in [-0.1, -0.05) is 48.6 Å². The van der Waals surface area contributed by atoms with Gasteiger partial charge in [0, 0.05) is 39.4 Å². The molecule has 1 unspecified atom stereocenters. The molecule has 1 aliphatic heterocycles. The molecule has 4 rings (SSSR count). The van der Waals surface area contributed by atoms with Gasteiger partial charge in [0.25, 0.3) is 0 Å². The first-order valence-electron chi connectivity index (χ1n) is 11.8. The highest BCUT2D eigenvalue weighted by atomic mass is 19.1. The molecule has 0 aromatic heterocycles. The van der Waals surface area contributed by atoms with Crippen molar-refractivity contribution in [1.29, 1.82) is 0 Å². The molecule has 0 spiro atoms. The minimum absolute atomic E-state index is 0.0319. The molecule has 0 N–H and O–H groups in total. The van der Waals surface area contributed by atoms with Crippen LogP contribution in [0.2, 0.25) is 0 Å². The fraction of sp³-hybridized carbons (Fsp3) is 0.276. The number of halogens is 1. The number of rotatable bonds is 7. The maximum Gasteiger partial charge on any atom is 0.237 e. The number of carbonyl (C=O) groups excluding carboxylic acids is 1. The first-order valence-corrected chi connectivity index (χ1v) is 11.8. The van der Waals surface area contributed by atoms with Crippen LogP contribution in [-0.4, -0.2) is 50.0 Å². The van der Waals surface area contributed by atoms with Crippen molar-refractivity contribution < 1.29 is 13.9 Å². The van der Waals surface area contributed by atoms with Gasteiger partial charge in [-0.2, -0.15) is 0 Å². The van der Waals surface area contributed by atoms with Gasteiger partial charge in [-0.25, -0.2) is 4.39 Å². The van der Waals surface area contributed by atoms with Crippen molar-refractivity contribution in [3.8, 4) is 5.75 Å². The second-order valence-electron chi connectivity index (χ2n) is 9.02. The summed E-state index contributed by atoms with van der Waals surface area (Å²) in [5.41, 5.74) is 4.20. The molecule has 0 saturated carbocycles. The molecule has 0 bridgehead atoms. The van der Waals surface area contributed by atoms with Crippen molar-refractivity contribution in [3.05, 3.63) is 107 Å². The topological polar surface area (TPSA) is 36.0 Å². The Hall–Kier alpha value is -3.64. The van der Waals surface area contributed by atoms with E-state index >= 15 is 0 Å². The zero-order valence-corrected chi connectivity index (χ0v) is 20.5. The van der Waals surface area contributed by atoms with E-state index in [1.165, 1.54) is 12.1 Å². The van der Waals surface area contributed by atoms with E-state index < -0.39 is 0 Å². The highest BCUT2D eigenvalue weighted by Gasteiger charge is 2.27. The summed E-state index contributed by atoms with van der Waals surface area (Å²) in [5, 5.41) is 0. The lowest BCUT2D eigenvalue weighted by Gasteiger charge is -2.34. The van der Waals surface area contributed by atoms with Gasteiger partial charge in [-0.3, -0.25) is 9.69 Å². The van der Waals surface area contributed by atoms with Crippen molar-refractivity contribution >= 4 is 11.6 Å². The maximum absolute atomic E-state index is 13.6. The number of hydrogen-bond acceptors (Lipinski definition) is 4. The molecule has 0 saturated heterocycles. The van der Waals surface area contributed by atoms with Crippen LogP contribution in [0.4, 0.5) is 10.1 Å².